The van der Waals surface area contributed by atoms with Crippen LogP contribution in [0.5, 0.6) is 0 Å². The first-order chi connectivity index (χ1) is 12.1. The van der Waals surface area contributed by atoms with Crippen molar-refractivity contribution in [1.82, 2.24) is 14.1 Å². The molecule has 2 heterocycles. The van der Waals surface area contributed by atoms with E-state index in [1.54, 1.807) is 4.31 Å². The Hall–Kier alpha value is -0.990. The zero-order valence-corrected chi connectivity index (χ0v) is 15.7. The number of sulfonamides is 1. The number of hydrogen-bond donors (Lipinski definition) is 0. The van der Waals surface area contributed by atoms with Crippen LogP contribution in [0.2, 0.25) is 0 Å². The van der Waals surface area contributed by atoms with Crippen molar-refractivity contribution in [3.05, 3.63) is 35.9 Å². The largest absolute Gasteiger partial charge is 0.379 e. The lowest BCUT2D eigenvalue weighted by atomic mass is 10.2. The van der Waals surface area contributed by atoms with E-state index in [2.05, 4.69) is 9.80 Å². The van der Waals surface area contributed by atoms with Crippen molar-refractivity contribution < 1.29 is 13.2 Å². The van der Waals surface area contributed by atoms with Crippen LogP contribution in [0.3, 0.4) is 0 Å². The topological polar surface area (TPSA) is 53.1 Å². The zero-order chi connectivity index (χ0) is 17.5. The predicted octanol–water partition coefficient (Wildman–Crippen LogP) is 0.509. The van der Waals surface area contributed by atoms with E-state index >= 15 is 0 Å². The highest BCUT2D eigenvalue weighted by Gasteiger charge is 2.26. The quantitative estimate of drug-likeness (QED) is 0.703. The summed E-state index contributed by atoms with van der Waals surface area (Å²) >= 11 is 0. The minimum absolute atomic E-state index is 0.199. The van der Waals surface area contributed by atoms with Crippen molar-refractivity contribution in [3.8, 4) is 0 Å². The van der Waals surface area contributed by atoms with Crippen LogP contribution in [0.1, 0.15) is 5.56 Å². The Morgan fingerprint density at radius 1 is 0.840 bits per heavy atom. The molecule has 1 aromatic rings. The fourth-order valence-electron chi connectivity index (χ4n) is 3.36. The molecule has 2 aliphatic heterocycles. The summed E-state index contributed by atoms with van der Waals surface area (Å²) in [6.45, 7) is 8.61. The first-order valence-corrected chi connectivity index (χ1v) is 10.8. The Morgan fingerprint density at radius 3 is 2.08 bits per heavy atom. The number of ether oxygens (including phenoxy) is 1. The number of piperazine rings is 1. The van der Waals surface area contributed by atoms with E-state index in [1.807, 2.05) is 30.3 Å². The van der Waals surface area contributed by atoms with E-state index in [0.717, 1.165) is 58.0 Å². The minimum atomic E-state index is -3.16. The molecule has 0 saturated carbocycles. The first kappa shape index (κ1) is 18.8. The van der Waals surface area contributed by atoms with Crippen LogP contribution in [-0.2, 0) is 21.2 Å². The molecule has 2 fully saturated rings. The summed E-state index contributed by atoms with van der Waals surface area (Å²) in [5.74, 6) is 0.199. The average molecular weight is 368 g/mol. The van der Waals surface area contributed by atoms with Gasteiger partial charge in [0.05, 0.1) is 19.0 Å². The van der Waals surface area contributed by atoms with Gasteiger partial charge in [0.15, 0.2) is 0 Å². The lowest BCUT2D eigenvalue weighted by Crippen LogP contribution is -2.51. The third kappa shape index (κ3) is 5.76. The van der Waals surface area contributed by atoms with Crippen LogP contribution in [0.4, 0.5) is 0 Å². The molecule has 0 aromatic heterocycles. The fourth-order valence-corrected chi connectivity index (χ4v) is 4.83. The highest BCUT2D eigenvalue weighted by Crippen LogP contribution is 2.11. The molecule has 2 aliphatic rings. The van der Waals surface area contributed by atoms with Gasteiger partial charge in [-0.3, -0.25) is 9.80 Å². The summed E-state index contributed by atoms with van der Waals surface area (Å²) in [7, 11) is -3.16. The van der Waals surface area contributed by atoms with E-state index in [0.29, 0.717) is 19.5 Å². The molecule has 0 bridgehead atoms. The maximum atomic E-state index is 12.6. The molecule has 7 heteroatoms. The first-order valence-electron chi connectivity index (χ1n) is 9.18. The Bertz CT molecular complexity index is 610. The van der Waals surface area contributed by atoms with Gasteiger partial charge < -0.3 is 4.74 Å². The average Bonchev–Trinajstić information content (AvgIpc) is 2.67. The summed E-state index contributed by atoms with van der Waals surface area (Å²) in [5.41, 5.74) is 1.08. The summed E-state index contributed by atoms with van der Waals surface area (Å²) in [6, 6.07) is 9.83. The van der Waals surface area contributed by atoms with E-state index in [1.165, 1.54) is 0 Å². The van der Waals surface area contributed by atoms with Gasteiger partial charge in [-0.15, -0.1) is 0 Å². The van der Waals surface area contributed by atoms with Crippen LogP contribution in [0, 0.1) is 0 Å². The molecule has 0 radical (unpaired) electrons. The zero-order valence-electron chi connectivity index (χ0n) is 14.8. The van der Waals surface area contributed by atoms with Gasteiger partial charge in [-0.05, 0) is 12.0 Å². The van der Waals surface area contributed by atoms with E-state index in [4.69, 9.17) is 4.74 Å². The summed E-state index contributed by atoms with van der Waals surface area (Å²) in [4.78, 5) is 4.80. The highest BCUT2D eigenvalue weighted by molar-refractivity contribution is 7.89. The third-order valence-corrected chi connectivity index (χ3v) is 6.92. The van der Waals surface area contributed by atoms with Crippen molar-refractivity contribution in [2.75, 3.05) is 71.3 Å². The normalized spacial score (nSPS) is 21.4. The molecule has 2 saturated heterocycles. The predicted molar refractivity (Wildman–Crippen MR) is 99.2 cm³/mol. The van der Waals surface area contributed by atoms with E-state index in [-0.39, 0.29) is 5.75 Å². The summed E-state index contributed by atoms with van der Waals surface area (Å²) in [5, 5.41) is 0. The Morgan fingerprint density at radius 2 is 1.44 bits per heavy atom. The molecule has 25 heavy (non-hydrogen) atoms. The van der Waals surface area contributed by atoms with Crippen LogP contribution >= 0.6 is 0 Å². The van der Waals surface area contributed by atoms with Gasteiger partial charge in [-0.1, -0.05) is 30.3 Å². The van der Waals surface area contributed by atoms with Gasteiger partial charge in [0, 0.05) is 52.4 Å². The number of rotatable bonds is 7. The van der Waals surface area contributed by atoms with Crippen molar-refractivity contribution in [2.45, 2.75) is 6.42 Å². The van der Waals surface area contributed by atoms with Gasteiger partial charge >= 0.3 is 0 Å². The van der Waals surface area contributed by atoms with Crippen molar-refractivity contribution in [2.24, 2.45) is 0 Å². The second kappa shape index (κ2) is 9.09. The minimum Gasteiger partial charge on any atom is -0.379 e. The summed E-state index contributed by atoms with van der Waals surface area (Å²) < 4.78 is 32.1. The molecular formula is C18H29N3O3S. The fraction of sp³-hybridized carbons (Fsp3) is 0.667. The molecule has 0 unspecified atom stereocenters. The molecule has 0 aliphatic carbocycles. The maximum Gasteiger partial charge on any atom is 0.214 e. The second-order valence-corrected chi connectivity index (χ2v) is 8.83. The molecule has 0 amide bonds. The van der Waals surface area contributed by atoms with Crippen LogP contribution in [0.15, 0.2) is 30.3 Å². The van der Waals surface area contributed by atoms with Crippen LogP contribution < -0.4 is 0 Å². The number of nitrogens with zero attached hydrogens (tertiary/aromatic N) is 3. The van der Waals surface area contributed by atoms with Crippen molar-refractivity contribution in [3.63, 3.8) is 0 Å². The van der Waals surface area contributed by atoms with Crippen LogP contribution in [0.25, 0.3) is 0 Å². The van der Waals surface area contributed by atoms with Gasteiger partial charge in [-0.25, -0.2) is 8.42 Å². The molecule has 0 N–H and O–H groups in total. The smallest absolute Gasteiger partial charge is 0.214 e. The number of benzene rings is 1. The standard InChI is InChI=1S/C18H29N3O3S/c22-25(23,17-6-18-4-2-1-3-5-18)21-11-9-19(10-12-21)7-8-20-13-15-24-16-14-20/h1-5H,6-17H2. The summed E-state index contributed by atoms with van der Waals surface area (Å²) in [6.07, 6.45) is 0.584. The molecule has 140 valence electrons. The number of aryl methyl sites for hydroxylation is 1. The number of hydrogen-bond acceptors (Lipinski definition) is 5. The molecule has 3 rings (SSSR count). The monoisotopic (exact) mass is 367 g/mol. The lowest BCUT2D eigenvalue weighted by molar-refractivity contribution is 0.0317. The lowest BCUT2D eigenvalue weighted by Gasteiger charge is -2.35. The van der Waals surface area contributed by atoms with Gasteiger partial charge in [0.1, 0.15) is 0 Å². The van der Waals surface area contributed by atoms with Crippen molar-refractivity contribution in [1.29, 1.82) is 0 Å². The van der Waals surface area contributed by atoms with Gasteiger partial charge in [0.25, 0.3) is 0 Å². The Kier molecular flexibility index (Phi) is 6.84. The molecule has 6 nitrogen and oxygen atoms in total. The SMILES string of the molecule is O=S(=O)(CCc1ccccc1)N1CCN(CCN2CCOCC2)CC1. The highest BCUT2D eigenvalue weighted by atomic mass is 32.2. The third-order valence-electron chi connectivity index (χ3n) is 5.05. The van der Waals surface area contributed by atoms with Crippen molar-refractivity contribution >= 4 is 10.0 Å². The second-order valence-electron chi connectivity index (χ2n) is 6.75. The van der Waals surface area contributed by atoms with Gasteiger partial charge in [-0.2, -0.15) is 4.31 Å². The molecule has 0 spiro atoms. The molecular weight excluding hydrogens is 338 g/mol. The molecule has 1 aromatic carbocycles. The number of morpholine rings is 1. The maximum absolute atomic E-state index is 12.6. The van der Waals surface area contributed by atoms with E-state index < -0.39 is 10.0 Å². The Labute approximate surface area is 151 Å². The molecule has 0 atom stereocenters. The van der Waals surface area contributed by atoms with Crippen LogP contribution in [-0.4, -0.2) is 93.8 Å². The Balaban J connectivity index is 1.40. The van der Waals surface area contributed by atoms with Gasteiger partial charge in [0.2, 0.25) is 10.0 Å². The van der Waals surface area contributed by atoms with E-state index in [9.17, 15) is 8.42 Å².